The van der Waals surface area contributed by atoms with Crippen molar-refractivity contribution in [1.82, 2.24) is 15.0 Å². The first-order valence-corrected chi connectivity index (χ1v) is 29.3. The van der Waals surface area contributed by atoms with Crippen molar-refractivity contribution in [2.75, 3.05) is 0 Å². The molecule has 0 aliphatic heterocycles. The van der Waals surface area contributed by atoms with Gasteiger partial charge in [-0.3, -0.25) is 4.98 Å². The molecule has 0 N–H and O–H groups in total. The molecule has 0 spiro atoms. The summed E-state index contributed by atoms with van der Waals surface area (Å²) < 4.78 is 0. The average Bonchev–Trinajstić information content (AvgIpc) is 3.19. The molecule has 0 aliphatic rings. The summed E-state index contributed by atoms with van der Waals surface area (Å²) in [6.45, 7) is 0. The van der Waals surface area contributed by atoms with E-state index >= 15 is 0 Å². The Morgan fingerprint density at radius 1 is 0.163 bits per heavy atom. The largest absolute Gasteiger partial charge is 0.256 e. The molecule has 24 bridgehead atoms. The van der Waals surface area contributed by atoms with E-state index in [-0.39, 0.29) is 0 Å². The molecule has 0 amide bonds. The van der Waals surface area contributed by atoms with Gasteiger partial charge in [0.1, 0.15) is 0 Å². The smallest absolute Gasteiger partial charge is 0.0972 e. The van der Waals surface area contributed by atoms with Crippen LogP contribution in [0.1, 0.15) is 0 Å². The number of aromatic nitrogens is 3. The second-order valence-electron chi connectivity index (χ2n) is 22.4. The van der Waals surface area contributed by atoms with Crippen LogP contribution in [-0.4, -0.2) is 15.0 Å². The van der Waals surface area contributed by atoms with E-state index in [1.54, 1.807) is 0 Å². The van der Waals surface area contributed by atoms with Crippen molar-refractivity contribution in [2.24, 2.45) is 0 Å². The zero-order valence-electron chi connectivity index (χ0n) is 46.9. The third kappa shape index (κ3) is 9.73. The first-order chi connectivity index (χ1) is 42.5. The van der Waals surface area contributed by atoms with E-state index in [9.17, 15) is 0 Å². The van der Waals surface area contributed by atoms with E-state index in [4.69, 9.17) is 15.0 Å². The van der Waals surface area contributed by atoms with Crippen molar-refractivity contribution in [1.29, 1.82) is 0 Å². The average molecular weight is 1090 g/mol. The Labute approximate surface area is 496 Å². The van der Waals surface area contributed by atoms with Gasteiger partial charge in [-0.1, -0.05) is 249 Å². The lowest BCUT2D eigenvalue weighted by atomic mass is 9.96. The van der Waals surface area contributed by atoms with Crippen LogP contribution in [0.4, 0.5) is 0 Å². The summed E-state index contributed by atoms with van der Waals surface area (Å²) >= 11 is 0. The molecule has 0 aliphatic carbocycles. The van der Waals surface area contributed by atoms with Crippen molar-refractivity contribution < 1.29 is 0 Å². The maximum atomic E-state index is 5.28. The van der Waals surface area contributed by atoms with Gasteiger partial charge in [0.2, 0.25) is 0 Å². The maximum absolute atomic E-state index is 5.28. The molecule has 0 unspecified atom stereocenters. The Hall–Kier alpha value is -11.4. The summed E-state index contributed by atoms with van der Waals surface area (Å²) in [5.41, 5.74) is 7.94. The highest BCUT2D eigenvalue weighted by Crippen LogP contribution is 2.33. The van der Waals surface area contributed by atoms with Gasteiger partial charge in [0, 0.05) is 33.3 Å². The second kappa shape index (κ2) is 21.4. The van der Waals surface area contributed by atoms with E-state index in [1.165, 1.54) is 43.1 Å². The van der Waals surface area contributed by atoms with E-state index in [1.807, 2.05) is 18.3 Å². The fourth-order valence-corrected chi connectivity index (χ4v) is 12.3. The summed E-state index contributed by atoms with van der Waals surface area (Å²) in [5.74, 6) is 0. The molecule has 24 aromatic rings. The van der Waals surface area contributed by atoms with E-state index < -0.39 is 0 Å². The number of benzene rings is 12. The van der Waals surface area contributed by atoms with Gasteiger partial charge >= 0.3 is 0 Å². The predicted molar refractivity (Wildman–Crippen MR) is 369 cm³/mol. The van der Waals surface area contributed by atoms with Gasteiger partial charge in [-0.25, -0.2) is 9.97 Å². The Morgan fingerprint density at radius 2 is 0.453 bits per heavy atom. The van der Waals surface area contributed by atoms with E-state index in [0.717, 1.165) is 120 Å². The van der Waals surface area contributed by atoms with Gasteiger partial charge in [-0.2, -0.15) is 0 Å². The minimum Gasteiger partial charge on any atom is -0.256 e. The molecule has 3 nitrogen and oxygen atoms in total. The Morgan fingerprint density at radius 3 is 0.814 bits per heavy atom. The van der Waals surface area contributed by atoms with Crippen LogP contribution in [0, 0.1) is 0 Å². The third-order valence-electron chi connectivity index (χ3n) is 17.1. The Kier molecular flexibility index (Phi) is 12.5. The normalized spacial score (nSPS) is 11.5. The molecule has 0 atom stereocenters. The van der Waals surface area contributed by atoms with Gasteiger partial charge in [-0.05, 0) is 175 Å². The highest BCUT2D eigenvalue weighted by Gasteiger charge is 2.09. The van der Waals surface area contributed by atoms with Gasteiger partial charge in [0.25, 0.3) is 0 Å². The Bertz CT molecular complexity index is 5670. The van der Waals surface area contributed by atoms with Crippen molar-refractivity contribution in [2.45, 2.75) is 0 Å². The molecule has 12 heterocycles. The quantitative estimate of drug-likeness (QED) is 0.162. The molecule has 400 valence electrons. The van der Waals surface area contributed by atoms with Crippen molar-refractivity contribution in [3.63, 3.8) is 0 Å². The highest BCUT2D eigenvalue weighted by atomic mass is 14.8. The number of rotatable bonds is 2. The van der Waals surface area contributed by atoms with Gasteiger partial charge in [0.15, 0.2) is 0 Å². The lowest BCUT2D eigenvalue weighted by Crippen LogP contribution is -1.87. The summed E-state index contributed by atoms with van der Waals surface area (Å²) in [6.07, 6.45) is 1.86. The second-order valence-corrected chi connectivity index (χ2v) is 22.4. The molecule has 86 heavy (non-hydrogen) atoms. The zero-order chi connectivity index (χ0) is 56.9. The number of nitrogens with zero attached hydrogens (tertiary/aromatic N) is 3. The van der Waals surface area contributed by atoms with Crippen LogP contribution in [0.5, 0.6) is 0 Å². The zero-order valence-corrected chi connectivity index (χ0v) is 46.9. The lowest BCUT2D eigenvalue weighted by molar-refractivity contribution is 1.33. The minimum atomic E-state index is 0.897. The highest BCUT2D eigenvalue weighted by molar-refractivity contribution is 6.07. The van der Waals surface area contributed by atoms with Crippen LogP contribution in [0.2, 0.25) is 0 Å². The Balaban J connectivity index is 0.870. The number of fused-ring (bicyclic) bond motifs is 2. The van der Waals surface area contributed by atoms with E-state index in [0.29, 0.717) is 0 Å². The molecule has 24 rings (SSSR count). The van der Waals surface area contributed by atoms with Gasteiger partial charge in [-0.15, -0.1) is 0 Å². The summed E-state index contributed by atoms with van der Waals surface area (Å²) in [6, 6.07) is 115. The number of hydrogen-bond acceptors (Lipinski definition) is 3. The van der Waals surface area contributed by atoms with Crippen LogP contribution >= 0.6 is 0 Å². The first-order valence-electron chi connectivity index (χ1n) is 29.3. The van der Waals surface area contributed by atoms with Crippen molar-refractivity contribution in [3.05, 3.63) is 322 Å². The van der Waals surface area contributed by atoms with Gasteiger partial charge in [0.05, 0.1) is 27.8 Å². The fourth-order valence-electron chi connectivity index (χ4n) is 12.3. The molecule has 12 aromatic heterocycles. The van der Waals surface area contributed by atoms with Crippen LogP contribution < -0.4 is 0 Å². The van der Waals surface area contributed by atoms with E-state index in [2.05, 4.69) is 303 Å². The van der Waals surface area contributed by atoms with Crippen molar-refractivity contribution in [3.8, 4) is 22.4 Å². The monoisotopic (exact) mass is 1090 g/mol. The topological polar surface area (TPSA) is 38.7 Å². The summed E-state index contributed by atoms with van der Waals surface area (Å²) in [7, 11) is 0. The lowest BCUT2D eigenvalue weighted by Gasteiger charge is -2.08. The molecule has 3 heteroatoms. The van der Waals surface area contributed by atoms with Gasteiger partial charge < -0.3 is 0 Å². The molecular weight excluding hydrogens is 1040 g/mol. The summed E-state index contributed by atoms with van der Waals surface area (Å²) in [5, 5.41) is 25.2. The molecule has 0 saturated heterocycles. The van der Waals surface area contributed by atoms with Crippen LogP contribution in [0.25, 0.3) is 163 Å². The SMILES string of the molecule is c1ccc(-c2cccc(-c3cc4cc(c3)c3cccc(c3)c3ccc(cc3)c3cccc(c3)c3ccc(cc3)c3ccc(cc3)c3ccc5ccc6ccc(nc6c5n3)c3ccc(cc3)c3ccc(cc3)c3ccc(cc3)c3cccc4c3)c2)nc1. The fraction of sp³-hybridized carbons (Fsp3) is 0. The predicted octanol–water partition coefficient (Wildman–Crippen LogP) is 22.7. The number of hydrogen-bond donors (Lipinski definition) is 0. The van der Waals surface area contributed by atoms with Crippen LogP contribution in [-0.2, 0) is 0 Å². The molecule has 0 radical (unpaired) electrons. The number of pyridine rings is 3. The molecular formula is C83H53N3. The molecule has 0 saturated carbocycles. The van der Waals surface area contributed by atoms with Crippen LogP contribution in [0.3, 0.4) is 0 Å². The molecule has 12 aromatic carbocycles. The molecule has 0 fully saturated rings. The summed E-state index contributed by atoms with van der Waals surface area (Å²) in [4.78, 5) is 15.3. The minimum absolute atomic E-state index is 0.897. The standard InChI is InChI=1S/C83H53N3/c1-2-46-84-79(15-1)75-14-6-13-74(50-75)78-52-76-51-77(53-78)73-12-5-10-71(49-73)63-30-28-62(29-31-63)69-8-3-7-68(47-69)60-24-22-57(23-25-60)59-34-38-65(39-35-59)81-45-43-67-41-40-66-42-44-80(85-82(66)83(67)86-81)64-36-32-58(33-37-64)55-18-16-54(17-19-55)56-20-26-61(27-21-56)70-9-4-11-72(76)48-70/h1-53H. The van der Waals surface area contributed by atoms with Crippen LogP contribution in [0.15, 0.2) is 322 Å². The van der Waals surface area contributed by atoms with Crippen molar-refractivity contribution >= 4 is 141 Å². The first kappa shape index (κ1) is 50.3. The third-order valence-corrected chi connectivity index (χ3v) is 17.1. The maximum Gasteiger partial charge on any atom is 0.0972 e.